The minimum Gasteiger partial charge on any atom is -0.458 e. The summed E-state index contributed by atoms with van der Waals surface area (Å²) in [6.07, 6.45) is 2.93. The summed E-state index contributed by atoms with van der Waals surface area (Å²) in [4.78, 5) is 23.8. The number of ether oxygens (including phenoxy) is 2. The van der Waals surface area contributed by atoms with Crippen molar-refractivity contribution in [3.05, 3.63) is 60.2 Å². The van der Waals surface area contributed by atoms with Gasteiger partial charge >= 0.3 is 11.9 Å². The van der Waals surface area contributed by atoms with Crippen molar-refractivity contribution >= 4 is 11.9 Å². The van der Waals surface area contributed by atoms with Gasteiger partial charge in [-0.25, -0.2) is 9.59 Å². The molecule has 0 aliphatic rings. The van der Waals surface area contributed by atoms with Crippen molar-refractivity contribution < 1.29 is 19.1 Å². The highest BCUT2D eigenvalue weighted by Gasteiger charge is 2.20. The summed E-state index contributed by atoms with van der Waals surface area (Å²) in [5.41, 5.74) is 1.07. The zero-order valence-corrected chi connectivity index (χ0v) is 10.8. The van der Waals surface area contributed by atoms with Crippen LogP contribution in [0.15, 0.2) is 43.5 Å². The Morgan fingerprint density at radius 2 is 1.68 bits per heavy atom. The summed E-state index contributed by atoms with van der Waals surface area (Å²) in [6, 6.07) is 4.95. The predicted molar refractivity (Wildman–Crippen MR) is 72.1 cm³/mol. The Kier molecular flexibility index (Phi) is 5.54. The predicted octanol–water partition coefficient (Wildman–Crippen LogP) is 2.68. The van der Waals surface area contributed by atoms with E-state index in [1.165, 1.54) is 18.2 Å². The van der Waals surface area contributed by atoms with Gasteiger partial charge in [0.05, 0.1) is 11.1 Å². The molecule has 0 fully saturated rings. The van der Waals surface area contributed by atoms with Gasteiger partial charge in [-0.3, -0.25) is 0 Å². The standard InChI is InChI=1S/C15H16O4/c1-4-9-18-14(16)12-8-6-7-11(3)13(12)15(17)19-10-5-2/h4-8H,1-2,9-10H2,3H3. The molecule has 0 unspecified atom stereocenters. The van der Waals surface area contributed by atoms with Crippen molar-refractivity contribution in [3.63, 3.8) is 0 Å². The van der Waals surface area contributed by atoms with E-state index in [1.54, 1.807) is 19.1 Å². The van der Waals surface area contributed by atoms with E-state index in [9.17, 15) is 9.59 Å². The van der Waals surface area contributed by atoms with Crippen molar-refractivity contribution in [1.29, 1.82) is 0 Å². The fourth-order valence-electron chi connectivity index (χ4n) is 1.53. The monoisotopic (exact) mass is 260 g/mol. The van der Waals surface area contributed by atoms with Crippen molar-refractivity contribution in [2.45, 2.75) is 6.92 Å². The van der Waals surface area contributed by atoms with E-state index in [4.69, 9.17) is 9.47 Å². The molecule has 0 N–H and O–H groups in total. The lowest BCUT2D eigenvalue weighted by atomic mass is 10.0. The normalized spacial score (nSPS) is 9.53. The molecule has 4 nitrogen and oxygen atoms in total. The van der Waals surface area contributed by atoms with Gasteiger partial charge in [0.15, 0.2) is 0 Å². The largest absolute Gasteiger partial charge is 0.458 e. The molecule has 0 amide bonds. The van der Waals surface area contributed by atoms with Gasteiger partial charge in [0, 0.05) is 0 Å². The van der Waals surface area contributed by atoms with Crippen LogP contribution in [0.25, 0.3) is 0 Å². The molecule has 1 aromatic carbocycles. The third kappa shape index (κ3) is 3.81. The molecule has 1 rings (SSSR count). The third-order valence-electron chi connectivity index (χ3n) is 2.36. The van der Waals surface area contributed by atoms with E-state index in [0.29, 0.717) is 5.56 Å². The molecule has 0 saturated carbocycles. The van der Waals surface area contributed by atoms with Crippen LogP contribution in [-0.2, 0) is 9.47 Å². The zero-order valence-electron chi connectivity index (χ0n) is 10.8. The highest BCUT2D eigenvalue weighted by molar-refractivity contribution is 6.04. The number of carbonyl (C=O) groups is 2. The first-order chi connectivity index (χ1) is 9.11. The number of esters is 2. The second-order valence-electron chi connectivity index (χ2n) is 3.77. The summed E-state index contributed by atoms with van der Waals surface area (Å²) in [7, 11) is 0. The Morgan fingerprint density at radius 3 is 2.26 bits per heavy atom. The summed E-state index contributed by atoms with van der Waals surface area (Å²) in [5, 5.41) is 0. The molecule has 0 heterocycles. The highest BCUT2D eigenvalue weighted by Crippen LogP contribution is 2.17. The third-order valence-corrected chi connectivity index (χ3v) is 2.36. The van der Waals surface area contributed by atoms with E-state index < -0.39 is 11.9 Å². The maximum atomic E-state index is 11.9. The fraction of sp³-hybridized carbons (Fsp3) is 0.200. The first-order valence-corrected chi connectivity index (χ1v) is 5.77. The SMILES string of the molecule is C=CCOC(=O)c1cccc(C)c1C(=O)OCC=C. The summed E-state index contributed by atoms with van der Waals surface area (Å²) in [5.74, 6) is -1.14. The van der Waals surface area contributed by atoms with Crippen LogP contribution < -0.4 is 0 Å². The van der Waals surface area contributed by atoms with Gasteiger partial charge in [-0.15, -0.1) is 0 Å². The van der Waals surface area contributed by atoms with Gasteiger partial charge in [0.2, 0.25) is 0 Å². The molecule has 4 heteroatoms. The van der Waals surface area contributed by atoms with Crippen LogP contribution in [0.2, 0.25) is 0 Å². The van der Waals surface area contributed by atoms with Crippen LogP contribution in [-0.4, -0.2) is 25.2 Å². The topological polar surface area (TPSA) is 52.6 Å². The van der Waals surface area contributed by atoms with Crippen LogP contribution in [0, 0.1) is 6.92 Å². The molecular weight excluding hydrogens is 244 g/mol. The number of hydrogen-bond acceptors (Lipinski definition) is 4. The molecule has 0 bridgehead atoms. The van der Waals surface area contributed by atoms with Gasteiger partial charge in [-0.1, -0.05) is 37.4 Å². The number of aryl methyl sites for hydroxylation is 1. The number of benzene rings is 1. The maximum absolute atomic E-state index is 11.9. The van der Waals surface area contributed by atoms with Gasteiger partial charge in [0.1, 0.15) is 13.2 Å². The zero-order chi connectivity index (χ0) is 14.3. The van der Waals surface area contributed by atoms with Crippen molar-refractivity contribution in [3.8, 4) is 0 Å². The molecule has 0 spiro atoms. The minimum absolute atomic E-state index is 0.0912. The highest BCUT2D eigenvalue weighted by atomic mass is 16.5. The summed E-state index contributed by atoms with van der Waals surface area (Å²) in [6.45, 7) is 8.84. The van der Waals surface area contributed by atoms with E-state index >= 15 is 0 Å². The van der Waals surface area contributed by atoms with Crippen LogP contribution in [0.1, 0.15) is 26.3 Å². The molecule has 0 aromatic heterocycles. The van der Waals surface area contributed by atoms with Gasteiger partial charge in [-0.2, -0.15) is 0 Å². The number of carbonyl (C=O) groups excluding carboxylic acids is 2. The molecule has 0 radical (unpaired) electrons. The van der Waals surface area contributed by atoms with E-state index in [1.807, 2.05) is 0 Å². The Morgan fingerprint density at radius 1 is 1.11 bits per heavy atom. The minimum atomic E-state index is -0.575. The number of rotatable bonds is 6. The van der Waals surface area contributed by atoms with Gasteiger partial charge in [0.25, 0.3) is 0 Å². The second kappa shape index (κ2) is 7.16. The fourth-order valence-corrected chi connectivity index (χ4v) is 1.53. The lowest BCUT2D eigenvalue weighted by Gasteiger charge is -2.10. The van der Waals surface area contributed by atoms with Crippen LogP contribution >= 0.6 is 0 Å². The molecule has 1 aromatic rings. The van der Waals surface area contributed by atoms with E-state index in [2.05, 4.69) is 13.2 Å². The summed E-state index contributed by atoms with van der Waals surface area (Å²) >= 11 is 0. The molecule has 0 aliphatic carbocycles. The molecule has 0 atom stereocenters. The first kappa shape index (κ1) is 14.7. The van der Waals surface area contributed by atoms with E-state index in [0.717, 1.165) is 0 Å². The average Bonchev–Trinajstić information content (AvgIpc) is 2.41. The number of hydrogen-bond donors (Lipinski definition) is 0. The molecular formula is C15H16O4. The van der Waals surface area contributed by atoms with E-state index in [-0.39, 0.29) is 24.3 Å². The smallest absolute Gasteiger partial charge is 0.339 e. The summed E-state index contributed by atoms with van der Waals surface area (Å²) < 4.78 is 9.91. The van der Waals surface area contributed by atoms with Crippen molar-refractivity contribution in [1.82, 2.24) is 0 Å². The Labute approximate surface area is 112 Å². The molecule has 19 heavy (non-hydrogen) atoms. The van der Waals surface area contributed by atoms with Crippen molar-refractivity contribution in [2.24, 2.45) is 0 Å². The second-order valence-corrected chi connectivity index (χ2v) is 3.77. The van der Waals surface area contributed by atoms with Crippen LogP contribution in [0.3, 0.4) is 0 Å². The van der Waals surface area contributed by atoms with Crippen LogP contribution in [0.4, 0.5) is 0 Å². The average molecular weight is 260 g/mol. The Balaban J connectivity index is 3.07. The lowest BCUT2D eigenvalue weighted by molar-refractivity contribution is 0.0502. The van der Waals surface area contributed by atoms with Gasteiger partial charge < -0.3 is 9.47 Å². The quantitative estimate of drug-likeness (QED) is 0.583. The van der Waals surface area contributed by atoms with Crippen LogP contribution in [0.5, 0.6) is 0 Å². The van der Waals surface area contributed by atoms with Gasteiger partial charge in [-0.05, 0) is 18.6 Å². The maximum Gasteiger partial charge on any atom is 0.339 e. The molecule has 0 saturated heterocycles. The Bertz CT molecular complexity index is 503. The Hall–Kier alpha value is -2.36. The first-order valence-electron chi connectivity index (χ1n) is 5.77. The van der Waals surface area contributed by atoms with Crippen molar-refractivity contribution in [2.75, 3.05) is 13.2 Å². The lowest BCUT2D eigenvalue weighted by Crippen LogP contribution is -2.15. The molecule has 100 valence electrons. The molecule has 0 aliphatic heterocycles.